The van der Waals surface area contributed by atoms with Crippen LogP contribution in [0.4, 0.5) is 5.82 Å². The highest BCUT2D eigenvalue weighted by Gasteiger charge is 2.43. The Kier molecular flexibility index (Phi) is 3.75. The predicted octanol–water partition coefficient (Wildman–Crippen LogP) is 2.96. The van der Waals surface area contributed by atoms with Crippen molar-refractivity contribution < 1.29 is 4.74 Å². The molecule has 2 aliphatic rings. The first-order valence-electron chi connectivity index (χ1n) is 9.48. The zero-order valence-corrected chi connectivity index (χ0v) is 15.7. The number of morpholine rings is 1. The Hall–Kier alpha value is -2.73. The van der Waals surface area contributed by atoms with Gasteiger partial charge in [0.25, 0.3) is 0 Å². The van der Waals surface area contributed by atoms with Crippen LogP contribution in [0.1, 0.15) is 28.9 Å². The molecule has 0 saturated carbocycles. The van der Waals surface area contributed by atoms with Crippen LogP contribution in [0, 0.1) is 13.8 Å². The quantitative estimate of drug-likeness (QED) is 0.702. The van der Waals surface area contributed by atoms with Crippen molar-refractivity contribution >= 4 is 5.82 Å². The third-order valence-electron chi connectivity index (χ3n) is 5.65. The van der Waals surface area contributed by atoms with E-state index < -0.39 is 0 Å². The summed E-state index contributed by atoms with van der Waals surface area (Å²) in [6.45, 7) is 6.34. The van der Waals surface area contributed by atoms with Crippen molar-refractivity contribution in [3.63, 3.8) is 0 Å². The summed E-state index contributed by atoms with van der Waals surface area (Å²) >= 11 is 0. The van der Waals surface area contributed by atoms with Crippen LogP contribution in [0.2, 0.25) is 0 Å². The lowest BCUT2D eigenvalue weighted by atomic mass is 9.93. The first-order valence-corrected chi connectivity index (χ1v) is 9.48. The van der Waals surface area contributed by atoms with Crippen LogP contribution in [0.3, 0.4) is 0 Å². The highest BCUT2D eigenvalue weighted by Crippen LogP contribution is 2.42. The Morgan fingerprint density at radius 1 is 1.11 bits per heavy atom. The number of benzene rings is 1. The van der Waals surface area contributed by atoms with Crippen molar-refractivity contribution in [1.29, 1.82) is 0 Å². The predicted molar refractivity (Wildman–Crippen MR) is 103 cm³/mol. The van der Waals surface area contributed by atoms with Gasteiger partial charge in [-0.1, -0.05) is 24.3 Å². The van der Waals surface area contributed by atoms with Crippen LogP contribution < -0.4 is 4.90 Å². The van der Waals surface area contributed by atoms with Gasteiger partial charge in [-0.2, -0.15) is 5.10 Å². The molecule has 1 saturated heterocycles. The summed E-state index contributed by atoms with van der Waals surface area (Å²) in [5.41, 5.74) is 4.54. The number of anilines is 1. The molecule has 1 atom stereocenters. The van der Waals surface area contributed by atoms with Gasteiger partial charge < -0.3 is 9.64 Å². The Morgan fingerprint density at radius 2 is 1.96 bits per heavy atom. The van der Waals surface area contributed by atoms with E-state index >= 15 is 0 Å². The SMILES string of the molecule is Cc1cc(C)n(-c2cncc(N3CCOC4(CCc5ccccc54)C3)n2)n1. The van der Waals surface area contributed by atoms with Crippen molar-refractivity contribution in [1.82, 2.24) is 19.7 Å². The summed E-state index contributed by atoms with van der Waals surface area (Å²) in [5, 5.41) is 4.54. The number of aryl methyl sites for hydroxylation is 3. The Bertz CT molecular complexity index is 994. The van der Waals surface area contributed by atoms with Gasteiger partial charge in [0.2, 0.25) is 0 Å². The van der Waals surface area contributed by atoms with Gasteiger partial charge in [0.1, 0.15) is 11.4 Å². The monoisotopic (exact) mass is 361 g/mol. The molecule has 0 amide bonds. The molecule has 3 aromatic rings. The molecule has 1 aliphatic heterocycles. The number of ether oxygens (including phenoxy) is 1. The highest BCUT2D eigenvalue weighted by molar-refractivity contribution is 5.45. The molecule has 1 aliphatic carbocycles. The molecule has 1 fully saturated rings. The third-order valence-corrected chi connectivity index (χ3v) is 5.65. The number of aromatic nitrogens is 4. The molecular weight excluding hydrogens is 338 g/mol. The van der Waals surface area contributed by atoms with Crippen molar-refractivity contribution in [2.24, 2.45) is 0 Å². The largest absolute Gasteiger partial charge is 0.367 e. The summed E-state index contributed by atoms with van der Waals surface area (Å²) < 4.78 is 8.19. The molecule has 0 radical (unpaired) electrons. The average molecular weight is 361 g/mol. The molecule has 138 valence electrons. The van der Waals surface area contributed by atoms with E-state index in [1.54, 1.807) is 6.20 Å². The number of hydrogen-bond acceptors (Lipinski definition) is 5. The lowest BCUT2D eigenvalue weighted by Crippen LogP contribution is -2.49. The fourth-order valence-electron chi connectivity index (χ4n) is 4.41. The van der Waals surface area contributed by atoms with Crippen molar-refractivity contribution in [2.45, 2.75) is 32.3 Å². The normalized spacial score (nSPS) is 21.6. The fourth-order valence-corrected chi connectivity index (χ4v) is 4.41. The van der Waals surface area contributed by atoms with Crippen LogP contribution in [0.15, 0.2) is 42.7 Å². The van der Waals surface area contributed by atoms with E-state index in [4.69, 9.17) is 9.72 Å². The van der Waals surface area contributed by atoms with E-state index in [0.29, 0.717) is 6.61 Å². The van der Waals surface area contributed by atoms with E-state index in [1.165, 1.54) is 11.1 Å². The molecule has 2 aromatic heterocycles. The van der Waals surface area contributed by atoms with Crippen molar-refractivity contribution in [3.05, 3.63) is 65.2 Å². The van der Waals surface area contributed by atoms with E-state index in [-0.39, 0.29) is 5.60 Å². The molecule has 1 unspecified atom stereocenters. The van der Waals surface area contributed by atoms with Gasteiger partial charge in [0.05, 0.1) is 31.2 Å². The number of rotatable bonds is 2. The minimum Gasteiger partial charge on any atom is -0.367 e. The molecule has 1 aromatic carbocycles. The number of nitrogens with zero attached hydrogens (tertiary/aromatic N) is 5. The van der Waals surface area contributed by atoms with E-state index in [0.717, 1.165) is 49.0 Å². The summed E-state index contributed by atoms with van der Waals surface area (Å²) in [4.78, 5) is 11.6. The van der Waals surface area contributed by atoms with Gasteiger partial charge in [-0.3, -0.25) is 4.98 Å². The molecule has 1 spiro atoms. The summed E-state index contributed by atoms with van der Waals surface area (Å²) in [7, 11) is 0. The molecule has 3 heterocycles. The highest BCUT2D eigenvalue weighted by atomic mass is 16.5. The van der Waals surface area contributed by atoms with Crippen LogP contribution in [0.25, 0.3) is 5.82 Å². The first kappa shape index (κ1) is 16.4. The fraction of sp³-hybridized carbons (Fsp3) is 0.381. The van der Waals surface area contributed by atoms with Crippen molar-refractivity contribution in [3.8, 4) is 5.82 Å². The molecule has 27 heavy (non-hydrogen) atoms. The molecule has 0 bridgehead atoms. The Labute approximate surface area is 158 Å². The molecule has 0 N–H and O–H groups in total. The standard InChI is InChI=1S/C21H23N5O/c1-15-11-16(2)26(24-15)20-13-22-12-19(23-20)25-9-10-27-21(14-25)8-7-17-5-3-4-6-18(17)21/h3-6,11-13H,7-10,14H2,1-2H3. The molecule has 6 nitrogen and oxygen atoms in total. The average Bonchev–Trinajstić information content (AvgIpc) is 3.22. The van der Waals surface area contributed by atoms with Gasteiger partial charge >= 0.3 is 0 Å². The van der Waals surface area contributed by atoms with Gasteiger partial charge in [-0.15, -0.1) is 0 Å². The van der Waals surface area contributed by atoms with Gasteiger partial charge in [-0.05, 0) is 43.9 Å². The maximum atomic E-state index is 6.33. The second-order valence-corrected chi connectivity index (χ2v) is 7.50. The third kappa shape index (κ3) is 2.72. The smallest absolute Gasteiger partial charge is 0.174 e. The summed E-state index contributed by atoms with van der Waals surface area (Å²) in [5.74, 6) is 1.64. The maximum absolute atomic E-state index is 6.33. The summed E-state index contributed by atoms with van der Waals surface area (Å²) in [6, 6.07) is 10.7. The van der Waals surface area contributed by atoms with E-state index in [2.05, 4.69) is 39.2 Å². The van der Waals surface area contributed by atoms with Gasteiger partial charge in [0, 0.05) is 12.2 Å². The topological polar surface area (TPSA) is 56.1 Å². The molecule has 6 heteroatoms. The van der Waals surface area contributed by atoms with Crippen LogP contribution in [0.5, 0.6) is 0 Å². The number of fused-ring (bicyclic) bond motifs is 2. The van der Waals surface area contributed by atoms with Gasteiger partial charge in [-0.25, -0.2) is 9.67 Å². The Balaban J connectivity index is 1.47. The van der Waals surface area contributed by atoms with Crippen LogP contribution >= 0.6 is 0 Å². The van der Waals surface area contributed by atoms with E-state index in [9.17, 15) is 0 Å². The maximum Gasteiger partial charge on any atom is 0.174 e. The van der Waals surface area contributed by atoms with E-state index in [1.807, 2.05) is 30.8 Å². The Morgan fingerprint density at radius 3 is 2.81 bits per heavy atom. The zero-order valence-electron chi connectivity index (χ0n) is 15.7. The van der Waals surface area contributed by atoms with Crippen molar-refractivity contribution in [2.75, 3.05) is 24.6 Å². The molecule has 5 rings (SSSR count). The second kappa shape index (κ2) is 6.16. The molecular formula is C21H23N5O. The summed E-state index contributed by atoms with van der Waals surface area (Å²) in [6.07, 6.45) is 5.70. The minimum atomic E-state index is -0.231. The lowest BCUT2D eigenvalue weighted by Gasteiger charge is -2.41. The van der Waals surface area contributed by atoms with Crippen LogP contribution in [-0.2, 0) is 16.8 Å². The lowest BCUT2D eigenvalue weighted by molar-refractivity contribution is -0.0594. The van der Waals surface area contributed by atoms with Gasteiger partial charge in [0.15, 0.2) is 5.82 Å². The number of hydrogen-bond donors (Lipinski definition) is 0. The minimum absolute atomic E-state index is 0.231. The first-order chi connectivity index (χ1) is 13.1. The second-order valence-electron chi connectivity index (χ2n) is 7.50. The van der Waals surface area contributed by atoms with Crippen LogP contribution in [-0.4, -0.2) is 39.4 Å². The zero-order chi connectivity index (χ0) is 18.4.